The Labute approximate surface area is 112 Å². The van der Waals surface area contributed by atoms with Gasteiger partial charge >= 0.3 is 5.97 Å². The number of carbonyl (C=O) groups excluding carboxylic acids is 1. The molecule has 2 unspecified atom stereocenters. The number of aliphatic hydroxyl groups is 1. The number of hydrogen-bond donors (Lipinski definition) is 2. The third-order valence-electron chi connectivity index (χ3n) is 2.81. The highest BCUT2D eigenvalue weighted by atomic mass is 32.1. The molecule has 0 aliphatic carbocycles. The van der Waals surface area contributed by atoms with E-state index in [9.17, 15) is 9.90 Å². The molecule has 1 rings (SSSR count). The van der Waals surface area contributed by atoms with Crippen molar-refractivity contribution in [3.05, 3.63) is 22.4 Å². The molecule has 0 aliphatic heterocycles. The number of rotatable bonds is 6. The van der Waals surface area contributed by atoms with Crippen LogP contribution in [0.3, 0.4) is 0 Å². The van der Waals surface area contributed by atoms with Gasteiger partial charge in [-0.3, -0.25) is 0 Å². The van der Waals surface area contributed by atoms with E-state index in [0.717, 1.165) is 0 Å². The van der Waals surface area contributed by atoms with Gasteiger partial charge in [-0.2, -0.15) is 0 Å². The predicted octanol–water partition coefficient (Wildman–Crippen LogP) is 1.96. The minimum atomic E-state index is -1.50. The summed E-state index contributed by atoms with van der Waals surface area (Å²) in [5.74, 6) is -0.249. The number of esters is 1. The summed E-state index contributed by atoms with van der Waals surface area (Å²) in [6, 6.07) is 4.17. The first-order valence-electron chi connectivity index (χ1n) is 5.96. The number of carbonyl (C=O) groups is 1. The van der Waals surface area contributed by atoms with Crippen LogP contribution in [0.2, 0.25) is 0 Å². The van der Waals surface area contributed by atoms with Crippen molar-refractivity contribution in [2.24, 2.45) is 5.92 Å². The largest absolute Gasteiger partial charge is 0.467 e. The predicted molar refractivity (Wildman–Crippen MR) is 72.5 cm³/mol. The summed E-state index contributed by atoms with van der Waals surface area (Å²) in [6.45, 7) is 5.83. The Kier molecular flexibility index (Phi) is 5.31. The Balaban J connectivity index is 2.67. The standard InChI is InChI=1S/C13H21NO3S/c1-9(2)11(10-6-5-7-18-10)14-8-13(3,16)12(15)17-4/h5-7,9,11,14,16H,8H2,1-4H3. The van der Waals surface area contributed by atoms with E-state index in [1.165, 1.54) is 18.9 Å². The molecule has 1 aromatic rings. The van der Waals surface area contributed by atoms with Gasteiger partial charge in [0.1, 0.15) is 0 Å². The van der Waals surface area contributed by atoms with Crippen LogP contribution >= 0.6 is 11.3 Å². The summed E-state index contributed by atoms with van der Waals surface area (Å²) in [6.07, 6.45) is 0. The van der Waals surface area contributed by atoms with Gasteiger partial charge in [0.05, 0.1) is 7.11 Å². The molecule has 4 nitrogen and oxygen atoms in total. The van der Waals surface area contributed by atoms with Crippen molar-refractivity contribution in [3.63, 3.8) is 0 Å². The van der Waals surface area contributed by atoms with E-state index in [-0.39, 0.29) is 12.6 Å². The highest BCUT2D eigenvalue weighted by molar-refractivity contribution is 7.10. The minimum absolute atomic E-state index is 0.126. The summed E-state index contributed by atoms with van der Waals surface area (Å²) >= 11 is 1.66. The average molecular weight is 271 g/mol. The Morgan fingerprint density at radius 3 is 2.72 bits per heavy atom. The lowest BCUT2D eigenvalue weighted by atomic mass is 10.0. The zero-order chi connectivity index (χ0) is 13.8. The van der Waals surface area contributed by atoms with Crippen LogP contribution in [0, 0.1) is 5.92 Å². The zero-order valence-electron chi connectivity index (χ0n) is 11.3. The van der Waals surface area contributed by atoms with E-state index in [1.807, 2.05) is 11.4 Å². The van der Waals surface area contributed by atoms with Gasteiger partial charge in [-0.25, -0.2) is 4.79 Å². The van der Waals surface area contributed by atoms with E-state index in [2.05, 4.69) is 30.0 Å². The van der Waals surface area contributed by atoms with Crippen LogP contribution in [-0.4, -0.2) is 30.3 Å². The number of hydrogen-bond acceptors (Lipinski definition) is 5. The molecule has 0 fully saturated rings. The van der Waals surface area contributed by atoms with Crippen molar-refractivity contribution in [2.45, 2.75) is 32.4 Å². The highest BCUT2D eigenvalue weighted by Gasteiger charge is 2.32. The zero-order valence-corrected chi connectivity index (χ0v) is 12.1. The van der Waals surface area contributed by atoms with Crippen LogP contribution in [-0.2, 0) is 9.53 Å². The fourth-order valence-corrected chi connectivity index (χ4v) is 2.71. The fraction of sp³-hybridized carbons (Fsp3) is 0.615. The van der Waals surface area contributed by atoms with Crippen LogP contribution in [0.5, 0.6) is 0 Å². The molecular formula is C13H21NO3S. The minimum Gasteiger partial charge on any atom is -0.467 e. The smallest absolute Gasteiger partial charge is 0.338 e. The van der Waals surface area contributed by atoms with E-state index >= 15 is 0 Å². The van der Waals surface area contributed by atoms with Crippen LogP contribution in [0.4, 0.5) is 0 Å². The van der Waals surface area contributed by atoms with E-state index in [1.54, 1.807) is 11.3 Å². The Hall–Kier alpha value is -0.910. The molecule has 1 aromatic heterocycles. The topological polar surface area (TPSA) is 58.6 Å². The molecule has 0 bridgehead atoms. The van der Waals surface area contributed by atoms with E-state index in [0.29, 0.717) is 5.92 Å². The molecule has 5 heteroatoms. The van der Waals surface area contributed by atoms with Crippen molar-refractivity contribution in [2.75, 3.05) is 13.7 Å². The molecule has 0 saturated heterocycles. The molecule has 0 spiro atoms. The summed E-state index contributed by atoms with van der Waals surface area (Å²) < 4.78 is 4.57. The quantitative estimate of drug-likeness (QED) is 0.777. The molecule has 0 radical (unpaired) electrons. The maximum Gasteiger partial charge on any atom is 0.338 e. The summed E-state index contributed by atoms with van der Waals surface area (Å²) in [5.41, 5.74) is -1.50. The van der Waals surface area contributed by atoms with Crippen molar-refractivity contribution in [1.82, 2.24) is 5.32 Å². The van der Waals surface area contributed by atoms with E-state index in [4.69, 9.17) is 0 Å². The molecule has 0 saturated carbocycles. The third kappa shape index (κ3) is 3.80. The molecule has 0 aromatic carbocycles. The maximum absolute atomic E-state index is 11.4. The fourth-order valence-electron chi connectivity index (χ4n) is 1.73. The van der Waals surface area contributed by atoms with Gasteiger partial charge < -0.3 is 15.2 Å². The first-order valence-corrected chi connectivity index (χ1v) is 6.84. The first-order chi connectivity index (χ1) is 8.38. The van der Waals surface area contributed by atoms with Crippen LogP contribution in [0.15, 0.2) is 17.5 Å². The Bertz CT molecular complexity index is 374. The van der Waals surface area contributed by atoms with Crippen molar-refractivity contribution < 1.29 is 14.6 Å². The summed E-state index contributed by atoms with van der Waals surface area (Å²) in [4.78, 5) is 12.6. The molecule has 0 aliphatic rings. The lowest BCUT2D eigenvalue weighted by Gasteiger charge is -2.26. The second-order valence-corrected chi connectivity index (χ2v) is 5.86. The van der Waals surface area contributed by atoms with Gasteiger partial charge in [-0.15, -0.1) is 11.3 Å². The number of ether oxygens (including phenoxy) is 1. The molecule has 0 amide bonds. The van der Waals surface area contributed by atoms with Crippen LogP contribution < -0.4 is 5.32 Å². The highest BCUT2D eigenvalue weighted by Crippen LogP contribution is 2.26. The maximum atomic E-state index is 11.4. The normalized spacial score (nSPS) is 16.3. The molecule has 1 heterocycles. The monoisotopic (exact) mass is 271 g/mol. The first kappa shape index (κ1) is 15.1. The Morgan fingerprint density at radius 1 is 1.61 bits per heavy atom. The molecular weight excluding hydrogens is 250 g/mol. The van der Waals surface area contributed by atoms with Gasteiger partial charge in [0.2, 0.25) is 0 Å². The SMILES string of the molecule is COC(=O)C(C)(O)CNC(c1cccs1)C(C)C. The lowest BCUT2D eigenvalue weighted by Crippen LogP contribution is -2.47. The van der Waals surface area contributed by atoms with Crippen LogP contribution in [0.25, 0.3) is 0 Å². The second kappa shape index (κ2) is 6.31. The van der Waals surface area contributed by atoms with Crippen molar-refractivity contribution in [1.29, 1.82) is 0 Å². The van der Waals surface area contributed by atoms with Gasteiger partial charge in [-0.1, -0.05) is 19.9 Å². The molecule has 18 heavy (non-hydrogen) atoms. The van der Waals surface area contributed by atoms with Crippen LogP contribution in [0.1, 0.15) is 31.7 Å². The van der Waals surface area contributed by atoms with Gasteiger partial charge in [0, 0.05) is 17.5 Å². The second-order valence-electron chi connectivity index (χ2n) is 4.88. The molecule has 2 atom stereocenters. The average Bonchev–Trinajstić information content (AvgIpc) is 2.81. The van der Waals surface area contributed by atoms with Gasteiger partial charge in [0.15, 0.2) is 5.60 Å². The van der Waals surface area contributed by atoms with Crippen molar-refractivity contribution in [3.8, 4) is 0 Å². The number of thiophene rings is 1. The van der Waals surface area contributed by atoms with Gasteiger partial charge in [0.25, 0.3) is 0 Å². The Morgan fingerprint density at radius 2 is 2.28 bits per heavy atom. The number of nitrogens with one attached hydrogen (secondary N) is 1. The lowest BCUT2D eigenvalue weighted by molar-refractivity contribution is -0.160. The molecule has 2 N–H and O–H groups in total. The third-order valence-corrected chi connectivity index (χ3v) is 3.76. The van der Waals surface area contributed by atoms with Crippen molar-refractivity contribution >= 4 is 17.3 Å². The summed E-state index contributed by atoms with van der Waals surface area (Å²) in [7, 11) is 1.27. The number of methoxy groups -OCH3 is 1. The van der Waals surface area contributed by atoms with E-state index < -0.39 is 11.6 Å². The molecule has 102 valence electrons. The summed E-state index contributed by atoms with van der Waals surface area (Å²) in [5, 5.41) is 15.2. The van der Waals surface area contributed by atoms with Gasteiger partial charge in [-0.05, 0) is 24.3 Å².